The fourth-order valence-corrected chi connectivity index (χ4v) is 2.71. The third-order valence-electron chi connectivity index (χ3n) is 3.88. The standard InChI is InChI=1S/C18H26N2O3/c1-13(21)19-14-5-7-15(8-6-14)20(17(22)18(2,3)4)16-9-11-23-12-10-16/h5-8,16H,9-12H2,1-4H3,(H,19,21). The van der Waals surface area contributed by atoms with Crippen molar-refractivity contribution in [3.63, 3.8) is 0 Å². The number of carbonyl (C=O) groups excluding carboxylic acids is 2. The van der Waals surface area contributed by atoms with Crippen molar-refractivity contribution in [2.75, 3.05) is 23.4 Å². The maximum absolute atomic E-state index is 12.9. The lowest BCUT2D eigenvalue weighted by atomic mass is 9.92. The Hall–Kier alpha value is -1.88. The third-order valence-corrected chi connectivity index (χ3v) is 3.88. The van der Waals surface area contributed by atoms with Gasteiger partial charge in [-0.15, -0.1) is 0 Å². The normalized spacial score (nSPS) is 16.0. The summed E-state index contributed by atoms with van der Waals surface area (Å²) in [5, 5.41) is 2.75. The van der Waals surface area contributed by atoms with Crippen molar-refractivity contribution >= 4 is 23.2 Å². The number of rotatable bonds is 3. The van der Waals surface area contributed by atoms with E-state index in [0.717, 1.165) is 24.2 Å². The number of carbonyl (C=O) groups is 2. The summed E-state index contributed by atoms with van der Waals surface area (Å²) in [7, 11) is 0. The number of hydrogen-bond donors (Lipinski definition) is 1. The number of nitrogens with one attached hydrogen (secondary N) is 1. The molecule has 2 rings (SSSR count). The highest BCUT2D eigenvalue weighted by molar-refractivity contribution is 5.98. The Balaban J connectivity index is 2.29. The quantitative estimate of drug-likeness (QED) is 0.931. The minimum Gasteiger partial charge on any atom is -0.381 e. The van der Waals surface area contributed by atoms with E-state index in [2.05, 4.69) is 5.32 Å². The number of ether oxygens (including phenoxy) is 1. The Morgan fingerprint density at radius 1 is 1.13 bits per heavy atom. The first-order valence-corrected chi connectivity index (χ1v) is 8.08. The number of nitrogens with zero attached hydrogens (tertiary/aromatic N) is 1. The van der Waals surface area contributed by atoms with Gasteiger partial charge >= 0.3 is 0 Å². The summed E-state index contributed by atoms with van der Waals surface area (Å²) in [6.45, 7) is 8.66. The van der Waals surface area contributed by atoms with Crippen molar-refractivity contribution in [2.45, 2.75) is 46.6 Å². The van der Waals surface area contributed by atoms with Crippen LogP contribution in [0.3, 0.4) is 0 Å². The second kappa shape index (κ2) is 7.13. The Kier molecular flexibility index (Phi) is 5.42. The van der Waals surface area contributed by atoms with E-state index in [9.17, 15) is 9.59 Å². The van der Waals surface area contributed by atoms with E-state index in [1.165, 1.54) is 6.92 Å². The van der Waals surface area contributed by atoms with Crippen molar-refractivity contribution in [3.8, 4) is 0 Å². The Morgan fingerprint density at radius 3 is 2.17 bits per heavy atom. The smallest absolute Gasteiger partial charge is 0.232 e. The van der Waals surface area contributed by atoms with Gasteiger partial charge in [-0.2, -0.15) is 0 Å². The van der Waals surface area contributed by atoms with Gasteiger partial charge in [0.15, 0.2) is 0 Å². The SMILES string of the molecule is CC(=O)Nc1ccc(N(C(=O)C(C)(C)C)C2CCOCC2)cc1. The molecule has 2 amide bonds. The molecule has 0 atom stereocenters. The maximum Gasteiger partial charge on any atom is 0.232 e. The average molecular weight is 318 g/mol. The predicted octanol–water partition coefficient (Wildman–Crippen LogP) is 3.20. The van der Waals surface area contributed by atoms with Crippen LogP contribution in [0.4, 0.5) is 11.4 Å². The third kappa shape index (κ3) is 4.55. The highest BCUT2D eigenvalue weighted by Gasteiger charge is 2.33. The van der Waals surface area contributed by atoms with Gasteiger partial charge in [0.25, 0.3) is 0 Å². The van der Waals surface area contributed by atoms with Crippen molar-refractivity contribution in [2.24, 2.45) is 5.41 Å². The number of anilines is 2. The van der Waals surface area contributed by atoms with Crippen LogP contribution in [0.2, 0.25) is 0 Å². The average Bonchev–Trinajstić information content (AvgIpc) is 2.49. The summed E-state index contributed by atoms with van der Waals surface area (Å²) >= 11 is 0. The highest BCUT2D eigenvalue weighted by atomic mass is 16.5. The maximum atomic E-state index is 12.9. The fraction of sp³-hybridized carbons (Fsp3) is 0.556. The molecular formula is C18H26N2O3. The Morgan fingerprint density at radius 2 is 1.70 bits per heavy atom. The van der Waals surface area contributed by atoms with Gasteiger partial charge in [-0.1, -0.05) is 20.8 Å². The van der Waals surface area contributed by atoms with Crippen LogP contribution in [0.1, 0.15) is 40.5 Å². The van der Waals surface area contributed by atoms with E-state index in [1.54, 1.807) is 0 Å². The zero-order chi connectivity index (χ0) is 17.0. The molecule has 0 unspecified atom stereocenters. The molecule has 5 heteroatoms. The molecule has 0 radical (unpaired) electrons. The lowest BCUT2D eigenvalue weighted by Crippen LogP contribution is -2.48. The molecule has 5 nitrogen and oxygen atoms in total. The van der Waals surface area contributed by atoms with Crippen LogP contribution < -0.4 is 10.2 Å². The van der Waals surface area contributed by atoms with Gasteiger partial charge < -0.3 is 15.0 Å². The zero-order valence-corrected chi connectivity index (χ0v) is 14.4. The molecule has 1 N–H and O–H groups in total. The van der Waals surface area contributed by atoms with Crippen molar-refractivity contribution in [1.29, 1.82) is 0 Å². The summed E-state index contributed by atoms with van der Waals surface area (Å²) in [6.07, 6.45) is 1.69. The molecule has 1 aromatic rings. The summed E-state index contributed by atoms with van der Waals surface area (Å²) in [4.78, 5) is 26.0. The molecule has 0 spiro atoms. The van der Waals surface area contributed by atoms with Gasteiger partial charge in [0.05, 0.1) is 0 Å². The second-order valence-corrected chi connectivity index (χ2v) is 7.00. The van der Waals surface area contributed by atoms with Crippen LogP contribution in [0, 0.1) is 5.41 Å². The van der Waals surface area contributed by atoms with Crippen LogP contribution in [0.5, 0.6) is 0 Å². The van der Waals surface area contributed by atoms with Gasteiger partial charge in [0, 0.05) is 43.0 Å². The molecule has 0 aromatic heterocycles. The zero-order valence-electron chi connectivity index (χ0n) is 14.4. The van der Waals surface area contributed by atoms with E-state index in [1.807, 2.05) is 49.9 Å². The molecule has 1 aliphatic heterocycles. The molecule has 126 valence electrons. The number of amides is 2. The molecule has 0 aliphatic carbocycles. The lowest BCUT2D eigenvalue weighted by molar-refractivity contribution is -0.126. The minimum absolute atomic E-state index is 0.107. The van der Waals surface area contributed by atoms with Gasteiger partial charge in [0.1, 0.15) is 0 Å². The molecule has 0 bridgehead atoms. The van der Waals surface area contributed by atoms with E-state index in [-0.39, 0.29) is 17.9 Å². The highest BCUT2D eigenvalue weighted by Crippen LogP contribution is 2.29. The fourth-order valence-electron chi connectivity index (χ4n) is 2.71. The van der Waals surface area contributed by atoms with Crippen LogP contribution in [-0.4, -0.2) is 31.1 Å². The first-order valence-electron chi connectivity index (χ1n) is 8.08. The summed E-state index contributed by atoms with van der Waals surface area (Å²) in [5.41, 5.74) is 1.15. The molecular weight excluding hydrogens is 292 g/mol. The minimum atomic E-state index is -0.450. The molecule has 1 fully saturated rings. The van der Waals surface area contributed by atoms with Crippen molar-refractivity contribution in [3.05, 3.63) is 24.3 Å². The van der Waals surface area contributed by atoms with Crippen LogP contribution in [0.15, 0.2) is 24.3 Å². The van der Waals surface area contributed by atoms with E-state index in [4.69, 9.17) is 4.74 Å². The van der Waals surface area contributed by atoms with Gasteiger partial charge in [-0.05, 0) is 37.1 Å². The molecule has 1 heterocycles. The van der Waals surface area contributed by atoms with Gasteiger partial charge in [-0.25, -0.2) is 0 Å². The molecule has 23 heavy (non-hydrogen) atoms. The molecule has 0 saturated carbocycles. The van der Waals surface area contributed by atoms with Crippen LogP contribution in [0.25, 0.3) is 0 Å². The number of hydrogen-bond acceptors (Lipinski definition) is 3. The van der Waals surface area contributed by atoms with Gasteiger partial charge in [-0.3, -0.25) is 9.59 Å². The summed E-state index contributed by atoms with van der Waals surface area (Å²) < 4.78 is 5.43. The largest absolute Gasteiger partial charge is 0.381 e. The van der Waals surface area contributed by atoms with Crippen LogP contribution in [-0.2, 0) is 14.3 Å². The Bertz CT molecular complexity index is 555. The Labute approximate surface area is 138 Å². The number of benzene rings is 1. The van der Waals surface area contributed by atoms with E-state index >= 15 is 0 Å². The van der Waals surface area contributed by atoms with Crippen molar-refractivity contribution < 1.29 is 14.3 Å². The van der Waals surface area contributed by atoms with Gasteiger partial charge in [0.2, 0.25) is 11.8 Å². The monoisotopic (exact) mass is 318 g/mol. The topological polar surface area (TPSA) is 58.6 Å². The summed E-state index contributed by atoms with van der Waals surface area (Å²) in [5.74, 6) is 0.00137. The summed E-state index contributed by atoms with van der Waals surface area (Å²) in [6, 6.07) is 7.61. The predicted molar refractivity (Wildman–Crippen MR) is 91.5 cm³/mol. The molecule has 1 saturated heterocycles. The van der Waals surface area contributed by atoms with E-state index < -0.39 is 5.41 Å². The first-order chi connectivity index (χ1) is 10.8. The molecule has 1 aromatic carbocycles. The first kappa shape index (κ1) is 17.5. The second-order valence-electron chi connectivity index (χ2n) is 7.00. The van der Waals surface area contributed by atoms with E-state index in [0.29, 0.717) is 13.2 Å². The molecule has 1 aliphatic rings. The lowest BCUT2D eigenvalue weighted by Gasteiger charge is -2.38. The van der Waals surface area contributed by atoms with Crippen molar-refractivity contribution in [1.82, 2.24) is 0 Å². The van der Waals surface area contributed by atoms with Crippen LogP contribution >= 0.6 is 0 Å².